The van der Waals surface area contributed by atoms with Gasteiger partial charge in [0, 0.05) is 16.6 Å². The van der Waals surface area contributed by atoms with E-state index in [1.54, 1.807) is 37.3 Å². The predicted octanol–water partition coefficient (Wildman–Crippen LogP) is 3.77. The van der Waals surface area contributed by atoms with E-state index in [1.165, 1.54) is 6.07 Å². The van der Waals surface area contributed by atoms with Gasteiger partial charge in [-0.3, -0.25) is 4.79 Å². The number of ether oxygens (including phenoxy) is 2. The van der Waals surface area contributed by atoms with Crippen LogP contribution in [0, 0.1) is 12.7 Å². The lowest BCUT2D eigenvalue weighted by Gasteiger charge is -2.12. The molecule has 1 amide bonds. The summed E-state index contributed by atoms with van der Waals surface area (Å²) in [5.41, 5.74) is 1.50. The van der Waals surface area contributed by atoms with Crippen LogP contribution in [0.25, 0.3) is 0 Å². The molecule has 2 aromatic rings. The highest BCUT2D eigenvalue weighted by Gasteiger charge is 2.15. The molecule has 0 spiro atoms. The summed E-state index contributed by atoms with van der Waals surface area (Å²) in [6.07, 6.45) is 0. The second kappa shape index (κ2) is 9.33. The van der Waals surface area contributed by atoms with E-state index in [0.717, 1.165) is 5.56 Å². The zero-order valence-electron chi connectivity index (χ0n) is 14.5. The van der Waals surface area contributed by atoms with Crippen molar-refractivity contribution in [2.75, 3.05) is 13.2 Å². The molecular formula is C19H19BrFNO4. The lowest BCUT2D eigenvalue weighted by Crippen LogP contribution is -2.24. The molecule has 5 nitrogen and oxygen atoms in total. The summed E-state index contributed by atoms with van der Waals surface area (Å²) in [5.74, 6) is -1.09. The molecule has 1 N–H and O–H groups in total. The lowest BCUT2D eigenvalue weighted by molar-refractivity contribution is -0.145. The first-order chi connectivity index (χ1) is 12.4. The number of rotatable bonds is 7. The number of carbonyl (C=O) groups is 2. The molecule has 0 bridgehead atoms. The number of carbonyl (C=O) groups excluding carboxylic acids is 2. The van der Waals surface area contributed by atoms with E-state index in [2.05, 4.69) is 21.2 Å². The van der Waals surface area contributed by atoms with Crippen molar-refractivity contribution in [1.82, 2.24) is 5.32 Å². The van der Waals surface area contributed by atoms with Crippen LogP contribution in [-0.4, -0.2) is 25.1 Å². The maximum absolute atomic E-state index is 13.9. The van der Waals surface area contributed by atoms with Crippen LogP contribution >= 0.6 is 15.9 Å². The smallest absolute Gasteiger partial charge is 0.344 e. The molecule has 0 aliphatic rings. The third-order valence-corrected chi connectivity index (χ3v) is 3.98. The van der Waals surface area contributed by atoms with Crippen molar-refractivity contribution < 1.29 is 23.5 Å². The Morgan fingerprint density at radius 1 is 1.19 bits per heavy atom. The molecular weight excluding hydrogens is 405 g/mol. The summed E-state index contributed by atoms with van der Waals surface area (Å²) in [4.78, 5) is 23.9. The van der Waals surface area contributed by atoms with Gasteiger partial charge in [-0.2, -0.15) is 0 Å². The van der Waals surface area contributed by atoms with Crippen LogP contribution in [0.15, 0.2) is 40.9 Å². The van der Waals surface area contributed by atoms with E-state index in [0.29, 0.717) is 10.0 Å². The molecule has 0 atom stereocenters. The number of hydrogen-bond donors (Lipinski definition) is 1. The summed E-state index contributed by atoms with van der Waals surface area (Å²) in [6, 6.07) is 9.64. The summed E-state index contributed by atoms with van der Waals surface area (Å²) < 4.78 is 24.7. The van der Waals surface area contributed by atoms with Crippen LogP contribution in [-0.2, 0) is 16.1 Å². The first kappa shape index (κ1) is 19.9. The Bertz CT molecular complexity index is 810. The third-order valence-electron chi connectivity index (χ3n) is 3.49. The molecule has 0 heterocycles. The Morgan fingerprint density at radius 2 is 1.96 bits per heavy atom. The van der Waals surface area contributed by atoms with Gasteiger partial charge in [-0.25, -0.2) is 9.18 Å². The molecule has 0 saturated heterocycles. The number of benzene rings is 2. The third kappa shape index (κ3) is 5.56. The summed E-state index contributed by atoms with van der Waals surface area (Å²) in [7, 11) is 0. The van der Waals surface area contributed by atoms with Crippen molar-refractivity contribution in [2.24, 2.45) is 0 Å². The zero-order valence-corrected chi connectivity index (χ0v) is 16.1. The van der Waals surface area contributed by atoms with Crippen LogP contribution < -0.4 is 10.1 Å². The average molecular weight is 424 g/mol. The molecule has 0 unspecified atom stereocenters. The Hall–Kier alpha value is -2.41. The second-order valence-corrected chi connectivity index (χ2v) is 6.43. The largest absolute Gasteiger partial charge is 0.481 e. The molecule has 26 heavy (non-hydrogen) atoms. The summed E-state index contributed by atoms with van der Waals surface area (Å²) in [5, 5.41) is 2.66. The molecule has 2 aromatic carbocycles. The summed E-state index contributed by atoms with van der Waals surface area (Å²) >= 11 is 3.19. The highest BCUT2D eigenvalue weighted by atomic mass is 79.9. The van der Waals surface area contributed by atoms with Crippen molar-refractivity contribution >= 4 is 27.8 Å². The Balaban J connectivity index is 2.08. The number of esters is 1. The van der Waals surface area contributed by atoms with Crippen molar-refractivity contribution in [1.29, 1.82) is 0 Å². The van der Waals surface area contributed by atoms with Gasteiger partial charge >= 0.3 is 5.97 Å². The first-order valence-electron chi connectivity index (χ1n) is 8.02. The maximum atomic E-state index is 13.9. The molecule has 2 rings (SSSR count). The van der Waals surface area contributed by atoms with E-state index < -0.39 is 17.7 Å². The molecule has 0 radical (unpaired) electrons. The minimum absolute atomic E-state index is 0.0309. The predicted molar refractivity (Wildman–Crippen MR) is 98.6 cm³/mol. The van der Waals surface area contributed by atoms with E-state index in [9.17, 15) is 14.0 Å². The Morgan fingerprint density at radius 3 is 2.65 bits per heavy atom. The van der Waals surface area contributed by atoms with Crippen molar-refractivity contribution in [3.05, 3.63) is 63.4 Å². The van der Waals surface area contributed by atoms with E-state index in [-0.39, 0.29) is 31.1 Å². The van der Waals surface area contributed by atoms with Gasteiger partial charge < -0.3 is 14.8 Å². The zero-order chi connectivity index (χ0) is 19.1. The van der Waals surface area contributed by atoms with Gasteiger partial charge in [0.05, 0.1) is 12.2 Å². The molecule has 7 heteroatoms. The highest BCUT2D eigenvalue weighted by molar-refractivity contribution is 9.10. The fourth-order valence-electron chi connectivity index (χ4n) is 2.21. The Labute approximate surface area is 159 Å². The van der Waals surface area contributed by atoms with Crippen LogP contribution in [0.1, 0.15) is 28.4 Å². The molecule has 0 fully saturated rings. The van der Waals surface area contributed by atoms with Crippen LogP contribution in [0.2, 0.25) is 0 Å². The van der Waals surface area contributed by atoms with Gasteiger partial charge in [-0.05, 0) is 43.7 Å². The molecule has 0 aliphatic carbocycles. The van der Waals surface area contributed by atoms with Gasteiger partial charge in [0.2, 0.25) is 0 Å². The number of halogens is 2. The minimum Gasteiger partial charge on any atom is -0.481 e. The molecule has 0 aromatic heterocycles. The van der Waals surface area contributed by atoms with Gasteiger partial charge in [-0.15, -0.1) is 0 Å². The maximum Gasteiger partial charge on any atom is 0.344 e. The Kier molecular flexibility index (Phi) is 7.15. The standard InChI is InChI=1S/C19H19BrFNO4/c1-3-25-18(23)11-26-17-8-12(2)4-7-15(17)19(24)22-10-13-5-6-14(20)9-16(13)21/h4-9H,3,10-11H2,1-2H3,(H,22,24). The summed E-state index contributed by atoms with van der Waals surface area (Å²) in [6.45, 7) is 3.53. The number of nitrogens with one attached hydrogen (secondary N) is 1. The fourth-order valence-corrected chi connectivity index (χ4v) is 2.54. The average Bonchev–Trinajstić information content (AvgIpc) is 2.59. The highest BCUT2D eigenvalue weighted by Crippen LogP contribution is 2.21. The van der Waals surface area contributed by atoms with Crippen LogP contribution in [0.5, 0.6) is 5.75 Å². The van der Waals surface area contributed by atoms with Gasteiger partial charge in [-0.1, -0.05) is 28.1 Å². The normalized spacial score (nSPS) is 10.3. The van der Waals surface area contributed by atoms with Crippen molar-refractivity contribution in [3.63, 3.8) is 0 Å². The number of amides is 1. The first-order valence-corrected chi connectivity index (χ1v) is 8.81. The number of hydrogen-bond acceptors (Lipinski definition) is 4. The van der Waals surface area contributed by atoms with E-state index in [1.807, 2.05) is 6.92 Å². The van der Waals surface area contributed by atoms with Gasteiger partial charge in [0.15, 0.2) is 6.61 Å². The molecule has 0 aliphatic heterocycles. The van der Waals surface area contributed by atoms with Gasteiger partial charge in [0.25, 0.3) is 5.91 Å². The molecule has 0 saturated carbocycles. The minimum atomic E-state index is -0.516. The van der Waals surface area contributed by atoms with Crippen LogP contribution in [0.4, 0.5) is 4.39 Å². The lowest BCUT2D eigenvalue weighted by atomic mass is 10.1. The SMILES string of the molecule is CCOC(=O)COc1cc(C)ccc1C(=O)NCc1ccc(Br)cc1F. The van der Waals surface area contributed by atoms with Crippen molar-refractivity contribution in [3.8, 4) is 5.75 Å². The van der Waals surface area contributed by atoms with Crippen LogP contribution in [0.3, 0.4) is 0 Å². The number of aryl methyl sites for hydroxylation is 1. The van der Waals surface area contributed by atoms with E-state index in [4.69, 9.17) is 9.47 Å². The van der Waals surface area contributed by atoms with Crippen molar-refractivity contribution in [2.45, 2.75) is 20.4 Å². The quantitative estimate of drug-likeness (QED) is 0.688. The fraction of sp³-hybridized carbons (Fsp3) is 0.263. The second-order valence-electron chi connectivity index (χ2n) is 5.51. The topological polar surface area (TPSA) is 64.6 Å². The van der Waals surface area contributed by atoms with Gasteiger partial charge in [0.1, 0.15) is 11.6 Å². The van der Waals surface area contributed by atoms with E-state index >= 15 is 0 Å². The molecule has 138 valence electrons. The monoisotopic (exact) mass is 423 g/mol.